The molecule has 2 N–H and O–H groups in total. The maximum atomic E-state index is 12.4. The molecule has 158 valence electrons. The second-order valence-electron chi connectivity index (χ2n) is 6.91. The van der Waals surface area contributed by atoms with Gasteiger partial charge in [-0.15, -0.1) is 0 Å². The van der Waals surface area contributed by atoms with E-state index < -0.39 is 0 Å². The predicted octanol–water partition coefficient (Wildman–Crippen LogP) is 2.83. The van der Waals surface area contributed by atoms with Crippen LogP contribution in [0.15, 0.2) is 64.7 Å². The molecule has 1 amide bonds. The van der Waals surface area contributed by atoms with E-state index in [2.05, 4.69) is 20.4 Å². The number of carbonyl (C=O) groups excluding carboxylic acids is 1. The Labute approximate surface area is 182 Å². The van der Waals surface area contributed by atoms with Gasteiger partial charge in [-0.1, -0.05) is 41.6 Å². The molecule has 9 heteroatoms. The number of aromatic nitrogens is 4. The number of carbonyl (C=O) groups is 1. The first-order chi connectivity index (χ1) is 15.0. The number of nitrogens with zero attached hydrogens (tertiary/aromatic N) is 3. The van der Waals surface area contributed by atoms with Gasteiger partial charge in [0.2, 0.25) is 5.91 Å². The van der Waals surface area contributed by atoms with Gasteiger partial charge >= 0.3 is 0 Å². The first kappa shape index (κ1) is 20.7. The molecule has 0 aliphatic rings. The molecular weight excluding hydrogens is 414 g/mol. The zero-order valence-corrected chi connectivity index (χ0v) is 17.9. The minimum atomic E-state index is -0.299. The van der Waals surface area contributed by atoms with E-state index in [0.29, 0.717) is 22.7 Å². The molecule has 2 heterocycles. The van der Waals surface area contributed by atoms with Crippen LogP contribution in [0.3, 0.4) is 0 Å². The maximum Gasteiger partial charge on any atom is 0.262 e. The Morgan fingerprint density at radius 2 is 1.90 bits per heavy atom. The Bertz CT molecular complexity index is 1260. The van der Waals surface area contributed by atoms with Crippen molar-refractivity contribution in [2.75, 3.05) is 12.9 Å². The van der Waals surface area contributed by atoms with Crippen molar-refractivity contribution in [3.63, 3.8) is 0 Å². The Hall–Kier alpha value is -3.59. The van der Waals surface area contributed by atoms with Crippen molar-refractivity contribution in [3.05, 3.63) is 76.2 Å². The molecule has 4 aromatic rings. The van der Waals surface area contributed by atoms with Crippen molar-refractivity contribution in [2.24, 2.45) is 0 Å². The van der Waals surface area contributed by atoms with Crippen molar-refractivity contribution >= 4 is 28.7 Å². The summed E-state index contributed by atoms with van der Waals surface area (Å²) in [5, 5.41) is 7.90. The second-order valence-corrected chi connectivity index (χ2v) is 7.88. The molecule has 0 aliphatic heterocycles. The highest BCUT2D eigenvalue weighted by Crippen LogP contribution is 2.19. The molecule has 31 heavy (non-hydrogen) atoms. The summed E-state index contributed by atoms with van der Waals surface area (Å²) in [6.45, 7) is 2.47. The smallest absolute Gasteiger partial charge is 0.262 e. The van der Waals surface area contributed by atoms with Crippen LogP contribution in [-0.4, -0.2) is 38.5 Å². The van der Waals surface area contributed by atoms with Crippen molar-refractivity contribution in [1.29, 1.82) is 0 Å². The van der Waals surface area contributed by atoms with Crippen molar-refractivity contribution in [3.8, 4) is 11.4 Å². The van der Waals surface area contributed by atoms with Gasteiger partial charge in [0.25, 0.3) is 5.56 Å². The number of fused-ring (bicyclic) bond motifs is 1. The predicted molar refractivity (Wildman–Crippen MR) is 120 cm³/mol. The fourth-order valence-corrected chi connectivity index (χ4v) is 3.66. The number of H-pyrrole nitrogens is 1. The molecule has 0 atom stereocenters. The average molecular weight is 436 g/mol. The normalized spacial score (nSPS) is 10.9. The van der Waals surface area contributed by atoms with Gasteiger partial charge < -0.3 is 15.0 Å². The Balaban J connectivity index is 1.47. The third-order valence-corrected chi connectivity index (χ3v) is 5.56. The average Bonchev–Trinajstić information content (AvgIpc) is 3.22. The molecule has 0 aliphatic carbocycles. The standard InChI is InChI=1S/C22H21N5O3S/c1-14-3-5-15(6-4-14)11-23-19(28)13-31-22-25-20-18(21(29)26-22)12-24-27(20)16-7-9-17(30-2)10-8-16/h3-10,12H,11,13H2,1-2H3,(H,23,28)(H,25,26,29). The number of benzene rings is 2. The largest absolute Gasteiger partial charge is 0.497 e. The van der Waals surface area contributed by atoms with E-state index >= 15 is 0 Å². The molecule has 0 fully saturated rings. The summed E-state index contributed by atoms with van der Waals surface area (Å²) in [5.74, 6) is 0.715. The van der Waals surface area contributed by atoms with E-state index in [1.54, 1.807) is 11.8 Å². The van der Waals surface area contributed by atoms with Crippen LogP contribution in [0.4, 0.5) is 0 Å². The quantitative estimate of drug-likeness (QED) is 0.342. The molecule has 0 saturated heterocycles. The van der Waals surface area contributed by atoms with Crippen LogP contribution in [0.5, 0.6) is 5.75 Å². The fourth-order valence-electron chi connectivity index (χ4n) is 2.97. The number of thioether (sulfide) groups is 1. The first-order valence-electron chi connectivity index (χ1n) is 9.61. The number of hydrogen-bond acceptors (Lipinski definition) is 6. The number of ether oxygens (including phenoxy) is 1. The van der Waals surface area contributed by atoms with Gasteiger partial charge in [0.15, 0.2) is 10.8 Å². The van der Waals surface area contributed by atoms with E-state index in [4.69, 9.17) is 4.74 Å². The first-order valence-corrected chi connectivity index (χ1v) is 10.6. The number of methoxy groups -OCH3 is 1. The summed E-state index contributed by atoms with van der Waals surface area (Å²) in [6.07, 6.45) is 1.48. The lowest BCUT2D eigenvalue weighted by Crippen LogP contribution is -2.24. The monoisotopic (exact) mass is 435 g/mol. The van der Waals surface area contributed by atoms with Gasteiger partial charge in [-0.2, -0.15) is 5.10 Å². The van der Waals surface area contributed by atoms with Crippen LogP contribution in [0, 0.1) is 6.92 Å². The van der Waals surface area contributed by atoms with E-state index in [9.17, 15) is 9.59 Å². The summed E-state index contributed by atoms with van der Waals surface area (Å²) in [6, 6.07) is 15.3. The van der Waals surface area contributed by atoms with Crippen LogP contribution in [-0.2, 0) is 11.3 Å². The fraction of sp³-hybridized carbons (Fsp3) is 0.182. The zero-order valence-electron chi connectivity index (χ0n) is 17.1. The Morgan fingerprint density at radius 3 is 2.61 bits per heavy atom. The minimum absolute atomic E-state index is 0.136. The number of aryl methyl sites for hydroxylation is 1. The lowest BCUT2D eigenvalue weighted by molar-refractivity contribution is -0.118. The Kier molecular flexibility index (Phi) is 6.03. The highest BCUT2D eigenvalue weighted by Gasteiger charge is 2.13. The van der Waals surface area contributed by atoms with Gasteiger partial charge in [0.1, 0.15) is 11.1 Å². The summed E-state index contributed by atoms with van der Waals surface area (Å²) in [5.41, 5.74) is 3.08. The van der Waals surface area contributed by atoms with E-state index in [0.717, 1.165) is 17.0 Å². The molecule has 0 spiro atoms. The molecule has 2 aromatic carbocycles. The topological polar surface area (TPSA) is 102 Å². The zero-order chi connectivity index (χ0) is 21.8. The molecule has 0 unspecified atom stereocenters. The van der Waals surface area contributed by atoms with Crippen LogP contribution < -0.4 is 15.6 Å². The van der Waals surface area contributed by atoms with E-state index in [1.807, 2.05) is 55.5 Å². The van der Waals surface area contributed by atoms with Crippen molar-refractivity contribution in [1.82, 2.24) is 25.1 Å². The van der Waals surface area contributed by atoms with E-state index in [1.165, 1.54) is 23.5 Å². The molecule has 0 bridgehead atoms. The molecule has 0 saturated carbocycles. The third-order valence-electron chi connectivity index (χ3n) is 4.68. The lowest BCUT2D eigenvalue weighted by atomic mass is 10.1. The van der Waals surface area contributed by atoms with Gasteiger partial charge in [-0.3, -0.25) is 9.59 Å². The van der Waals surface area contributed by atoms with E-state index in [-0.39, 0.29) is 17.2 Å². The summed E-state index contributed by atoms with van der Waals surface area (Å²) < 4.78 is 6.77. The maximum absolute atomic E-state index is 12.4. The number of nitrogens with one attached hydrogen (secondary N) is 2. The number of rotatable bonds is 7. The van der Waals surface area contributed by atoms with Crippen LogP contribution in [0.1, 0.15) is 11.1 Å². The SMILES string of the molecule is COc1ccc(-n2ncc3c(=O)[nH]c(SCC(=O)NCc4ccc(C)cc4)nc32)cc1. The molecule has 8 nitrogen and oxygen atoms in total. The van der Waals surface area contributed by atoms with Crippen LogP contribution in [0.2, 0.25) is 0 Å². The third kappa shape index (κ3) is 4.77. The lowest BCUT2D eigenvalue weighted by Gasteiger charge is -2.07. The minimum Gasteiger partial charge on any atom is -0.497 e. The van der Waals surface area contributed by atoms with Gasteiger partial charge in [-0.05, 0) is 36.8 Å². The second kappa shape index (κ2) is 9.05. The molecular formula is C22H21N5O3S. The molecule has 2 aromatic heterocycles. The highest BCUT2D eigenvalue weighted by atomic mass is 32.2. The number of aromatic amines is 1. The van der Waals surface area contributed by atoms with Gasteiger partial charge in [0.05, 0.1) is 24.7 Å². The highest BCUT2D eigenvalue weighted by molar-refractivity contribution is 7.99. The van der Waals surface area contributed by atoms with Crippen molar-refractivity contribution < 1.29 is 9.53 Å². The van der Waals surface area contributed by atoms with Gasteiger partial charge in [0, 0.05) is 6.54 Å². The molecule has 0 radical (unpaired) electrons. The summed E-state index contributed by atoms with van der Waals surface area (Å²) >= 11 is 1.17. The Morgan fingerprint density at radius 1 is 1.16 bits per heavy atom. The number of hydrogen-bond donors (Lipinski definition) is 2. The molecule has 4 rings (SSSR count). The van der Waals surface area contributed by atoms with Crippen molar-refractivity contribution in [2.45, 2.75) is 18.6 Å². The number of amides is 1. The van der Waals surface area contributed by atoms with Crippen LogP contribution in [0.25, 0.3) is 16.7 Å². The summed E-state index contributed by atoms with van der Waals surface area (Å²) in [7, 11) is 1.60. The summed E-state index contributed by atoms with van der Waals surface area (Å²) in [4.78, 5) is 31.9. The van der Waals surface area contributed by atoms with Gasteiger partial charge in [-0.25, -0.2) is 9.67 Å². The van der Waals surface area contributed by atoms with Crippen LogP contribution >= 0.6 is 11.8 Å².